The molecular weight excluding hydrogens is 302 g/mol. The zero-order chi connectivity index (χ0) is 16.1. The second kappa shape index (κ2) is 7.15. The Morgan fingerprint density at radius 2 is 1.95 bits per heavy atom. The third-order valence-electron chi connectivity index (χ3n) is 2.89. The number of carbonyl (C=O) groups is 2. The van der Waals surface area contributed by atoms with E-state index in [-0.39, 0.29) is 25.0 Å². The number of nitrogens with zero attached hydrogens (tertiary/aromatic N) is 1. The molecule has 0 aliphatic rings. The number of aromatic nitrogens is 1. The van der Waals surface area contributed by atoms with E-state index in [4.69, 9.17) is 5.11 Å². The van der Waals surface area contributed by atoms with Crippen LogP contribution in [-0.2, 0) is 4.79 Å². The van der Waals surface area contributed by atoms with Gasteiger partial charge in [0.2, 0.25) is 5.91 Å². The van der Waals surface area contributed by atoms with Crippen LogP contribution >= 0.6 is 11.3 Å². The van der Waals surface area contributed by atoms with Gasteiger partial charge in [0.1, 0.15) is 0 Å². The molecule has 0 spiro atoms. The van der Waals surface area contributed by atoms with Crippen LogP contribution in [0.15, 0.2) is 24.3 Å². The molecule has 22 heavy (non-hydrogen) atoms. The lowest BCUT2D eigenvalue weighted by Crippen LogP contribution is -2.26. The van der Waals surface area contributed by atoms with Crippen LogP contribution in [-0.4, -0.2) is 35.1 Å². The highest BCUT2D eigenvalue weighted by Gasteiger charge is 2.11. The van der Waals surface area contributed by atoms with Crippen molar-refractivity contribution >= 4 is 28.3 Å². The average molecular weight is 319 g/mol. The lowest BCUT2D eigenvalue weighted by Gasteiger charge is -2.04. The van der Waals surface area contributed by atoms with E-state index in [1.54, 1.807) is 12.1 Å². The predicted octanol–water partition coefficient (Wildman–Crippen LogP) is 1.80. The van der Waals surface area contributed by atoms with Crippen molar-refractivity contribution in [2.45, 2.75) is 13.8 Å². The Morgan fingerprint density at radius 1 is 1.27 bits per heavy atom. The van der Waals surface area contributed by atoms with Crippen molar-refractivity contribution in [2.75, 3.05) is 18.5 Å². The van der Waals surface area contributed by atoms with Gasteiger partial charge in [-0.1, -0.05) is 23.5 Å². The molecule has 0 aliphatic heterocycles. The molecule has 6 nitrogen and oxygen atoms in total. The van der Waals surface area contributed by atoms with Gasteiger partial charge in [-0.2, -0.15) is 0 Å². The molecule has 1 aromatic carbocycles. The van der Waals surface area contributed by atoms with Gasteiger partial charge in [0, 0.05) is 19.0 Å². The van der Waals surface area contributed by atoms with Crippen molar-refractivity contribution < 1.29 is 14.7 Å². The van der Waals surface area contributed by atoms with Gasteiger partial charge in [-0.3, -0.25) is 9.59 Å². The topological polar surface area (TPSA) is 91.3 Å². The zero-order valence-electron chi connectivity index (χ0n) is 12.3. The maximum atomic E-state index is 11.8. The van der Waals surface area contributed by atoms with Crippen LogP contribution in [0.3, 0.4) is 0 Å². The van der Waals surface area contributed by atoms with Gasteiger partial charge in [-0.25, -0.2) is 4.98 Å². The zero-order valence-corrected chi connectivity index (χ0v) is 13.2. The lowest BCUT2D eigenvalue weighted by atomic mass is 10.1. The molecule has 3 N–H and O–H groups in total. The molecule has 0 saturated heterocycles. The second-order valence-electron chi connectivity index (χ2n) is 4.67. The molecule has 2 amide bonds. The van der Waals surface area contributed by atoms with Gasteiger partial charge in [-0.05, 0) is 24.6 Å². The van der Waals surface area contributed by atoms with Crippen molar-refractivity contribution in [3.8, 4) is 10.4 Å². The van der Waals surface area contributed by atoms with E-state index >= 15 is 0 Å². The first kappa shape index (κ1) is 16.1. The third kappa shape index (κ3) is 3.90. The SMILES string of the molecule is CC(=O)Nc1nc(C)c(-c2ccc(C(=O)NCCO)cc2)s1. The Labute approximate surface area is 132 Å². The van der Waals surface area contributed by atoms with Gasteiger partial charge in [0.25, 0.3) is 5.91 Å². The third-order valence-corrected chi connectivity index (χ3v) is 4.01. The second-order valence-corrected chi connectivity index (χ2v) is 5.67. The van der Waals surface area contributed by atoms with E-state index in [0.717, 1.165) is 16.1 Å². The fourth-order valence-electron chi connectivity index (χ4n) is 1.91. The summed E-state index contributed by atoms with van der Waals surface area (Å²) in [6, 6.07) is 7.12. The number of carbonyl (C=O) groups excluding carboxylic acids is 2. The molecule has 7 heteroatoms. The largest absolute Gasteiger partial charge is 0.395 e. The monoisotopic (exact) mass is 319 g/mol. The smallest absolute Gasteiger partial charge is 0.251 e. The van der Waals surface area contributed by atoms with Crippen LogP contribution in [0.2, 0.25) is 0 Å². The minimum absolute atomic E-state index is 0.0875. The quantitative estimate of drug-likeness (QED) is 0.783. The Balaban J connectivity index is 2.18. The Bertz CT molecular complexity index is 680. The van der Waals surface area contributed by atoms with Crippen molar-refractivity contribution in [3.63, 3.8) is 0 Å². The molecule has 2 rings (SSSR count). The molecule has 0 bridgehead atoms. The van der Waals surface area contributed by atoms with E-state index in [1.807, 2.05) is 19.1 Å². The predicted molar refractivity (Wildman–Crippen MR) is 86.0 cm³/mol. The van der Waals surface area contributed by atoms with Crippen LogP contribution in [0.1, 0.15) is 23.0 Å². The van der Waals surface area contributed by atoms with Gasteiger partial charge in [0.05, 0.1) is 17.2 Å². The van der Waals surface area contributed by atoms with Crippen LogP contribution in [0.4, 0.5) is 5.13 Å². The molecule has 0 radical (unpaired) electrons. The molecule has 116 valence electrons. The highest BCUT2D eigenvalue weighted by atomic mass is 32.1. The number of hydrogen-bond acceptors (Lipinski definition) is 5. The number of nitrogens with one attached hydrogen (secondary N) is 2. The standard InChI is InChI=1S/C15H17N3O3S/c1-9-13(22-15(17-9)18-10(2)20)11-3-5-12(6-4-11)14(21)16-7-8-19/h3-6,19H,7-8H2,1-2H3,(H,16,21)(H,17,18,20). The summed E-state index contributed by atoms with van der Waals surface area (Å²) >= 11 is 1.39. The van der Waals surface area contributed by atoms with E-state index in [1.165, 1.54) is 18.3 Å². The minimum atomic E-state index is -0.222. The van der Waals surface area contributed by atoms with Crippen LogP contribution < -0.4 is 10.6 Å². The molecule has 2 aromatic rings. The lowest BCUT2D eigenvalue weighted by molar-refractivity contribution is -0.114. The molecular formula is C15H17N3O3S. The number of rotatable bonds is 5. The number of aryl methyl sites for hydroxylation is 1. The molecule has 0 fully saturated rings. The van der Waals surface area contributed by atoms with Crippen molar-refractivity contribution in [2.24, 2.45) is 0 Å². The van der Waals surface area contributed by atoms with Gasteiger partial charge in [-0.15, -0.1) is 0 Å². The van der Waals surface area contributed by atoms with Gasteiger partial charge in [0.15, 0.2) is 5.13 Å². The van der Waals surface area contributed by atoms with Crippen LogP contribution in [0.25, 0.3) is 10.4 Å². The van der Waals surface area contributed by atoms with E-state index in [2.05, 4.69) is 15.6 Å². The molecule has 0 saturated carbocycles. The first-order valence-electron chi connectivity index (χ1n) is 6.75. The summed E-state index contributed by atoms with van der Waals surface area (Å²) in [5.74, 6) is -0.378. The summed E-state index contributed by atoms with van der Waals surface area (Å²) in [5, 5.41) is 14.5. The minimum Gasteiger partial charge on any atom is -0.395 e. The maximum absolute atomic E-state index is 11.8. The molecule has 0 atom stereocenters. The molecule has 1 aromatic heterocycles. The molecule has 1 heterocycles. The van der Waals surface area contributed by atoms with E-state index in [0.29, 0.717) is 10.7 Å². The summed E-state index contributed by atoms with van der Waals surface area (Å²) in [4.78, 5) is 28.1. The van der Waals surface area contributed by atoms with Crippen molar-refractivity contribution in [3.05, 3.63) is 35.5 Å². The highest BCUT2D eigenvalue weighted by Crippen LogP contribution is 2.32. The summed E-state index contributed by atoms with van der Waals surface area (Å²) in [6.07, 6.45) is 0. The van der Waals surface area contributed by atoms with Crippen molar-refractivity contribution in [1.29, 1.82) is 0 Å². The van der Waals surface area contributed by atoms with Crippen LogP contribution in [0.5, 0.6) is 0 Å². The number of aliphatic hydroxyl groups is 1. The Kier molecular flexibility index (Phi) is 5.24. The summed E-state index contributed by atoms with van der Waals surface area (Å²) in [7, 11) is 0. The first-order valence-corrected chi connectivity index (χ1v) is 7.57. The first-order chi connectivity index (χ1) is 10.5. The summed E-state index contributed by atoms with van der Waals surface area (Å²) < 4.78 is 0. The molecule has 0 aliphatic carbocycles. The maximum Gasteiger partial charge on any atom is 0.251 e. The fourth-order valence-corrected chi connectivity index (χ4v) is 2.93. The normalized spacial score (nSPS) is 10.3. The fraction of sp³-hybridized carbons (Fsp3) is 0.267. The van der Waals surface area contributed by atoms with Crippen molar-refractivity contribution in [1.82, 2.24) is 10.3 Å². The Morgan fingerprint density at radius 3 is 2.55 bits per heavy atom. The number of anilines is 1. The number of hydrogen-bond donors (Lipinski definition) is 3. The average Bonchev–Trinajstić information content (AvgIpc) is 2.84. The molecule has 0 unspecified atom stereocenters. The van der Waals surface area contributed by atoms with Crippen LogP contribution in [0, 0.1) is 6.92 Å². The van der Waals surface area contributed by atoms with Gasteiger partial charge < -0.3 is 15.7 Å². The highest BCUT2D eigenvalue weighted by molar-refractivity contribution is 7.19. The summed E-state index contributed by atoms with van der Waals surface area (Å²) in [6.45, 7) is 3.46. The number of aliphatic hydroxyl groups excluding tert-OH is 1. The van der Waals surface area contributed by atoms with Gasteiger partial charge >= 0.3 is 0 Å². The van der Waals surface area contributed by atoms with E-state index in [9.17, 15) is 9.59 Å². The Hall–Kier alpha value is -2.25. The number of amides is 2. The summed E-state index contributed by atoms with van der Waals surface area (Å²) in [5.41, 5.74) is 2.29. The number of thiazole rings is 1. The number of benzene rings is 1. The van der Waals surface area contributed by atoms with E-state index < -0.39 is 0 Å².